The topological polar surface area (TPSA) is 40.8 Å². The molecule has 0 radical (unpaired) electrons. The van der Waals surface area contributed by atoms with Crippen LogP contribution in [-0.4, -0.2) is 14.2 Å². The van der Waals surface area contributed by atoms with Crippen LogP contribution in [0.5, 0.6) is 17.2 Å². The van der Waals surface area contributed by atoms with E-state index in [0.29, 0.717) is 29.4 Å². The van der Waals surface area contributed by atoms with Crippen LogP contribution in [0.25, 0.3) is 11.0 Å². The third-order valence-corrected chi connectivity index (χ3v) is 3.28. The Morgan fingerprint density at radius 1 is 0.952 bits per heavy atom. The number of hydrogen-bond acceptors (Lipinski definition) is 4. The fourth-order valence-corrected chi connectivity index (χ4v) is 2.26. The third-order valence-electron chi connectivity index (χ3n) is 3.28. The number of rotatable bonds is 5. The molecule has 0 N–H and O–H groups in total. The van der Waals surface area contributed by atoms with E-state index in [1.165, 1.54) is 0 Å². The van der Waals surface area contributed by atoms with E-state index in [1.807, 2.05) is 42.5 Å². The predicted octanol–water partition coefficient (Wildman–Crippen LogP) is 4.03. The van der Waals surface area contributed by atoms with Gasteiger partial charge in [0.2, 0.25) is 5.75 Å². The Balaban J connectivity index is 1.97. The normalized spacial score (nSPS) is 10.6. The van der Waals surface area contributed by atoms with Gasteiger partial charge in [-0.2, -0.15) is 0 Å². The molecule has 3 rings (SSSR count). The molecule has 0 saturated carbocycles. The summed E-state index contributed by atoms with van der Waals surface area (Å²) >= 11 is 0. The summed E-state index contributed by atoms with van der Waals surface area (Å²) in [5, 5.41) is 0.862. The second kappa shape index (κ2) is 5.79. The van der Waals surface area contributed by atoms with Gasteiger partial charge in [-0.15, -0.1) is 0 Å². The summed E-state index contributed by atoms with van der Waals surface area (Å²) in [5.41, 5.74) is 1.71. The lowest BCUT2D eigenvalue weighted by Gasteiger charge is -2.13. The molecule has 0 fully saturated rings. The lowest BCUT2D eigenvalue weighted by molar-refractivity contribution is 0.282. The lowest BCUT2D eigenvalue weighted by atomic mass is 10.2. The van der Waals surface area contributed by atoms with Crippen LogP contribution in [0.15, 0.2) is 53.1 Å². The Morgan fingerprint density at radius 3 is 2.48 bits per heavy atom. The summed E-state index contributed by atoms with van der Waals surface area (Å²) in [5.74, 6) is 1.87. The molecule has 4 nitrogen and oxygen atoms in total. The SMILES string of the molecule is COc1cc(OCc2ccccc2)c(OC)c2occc12. The number of methoxy groups -OCH3 is 2. The zero-order chi connectivity index (χ0) is 14.7. The molecule has 0 aliphatic rings. The van der Waals surface area contributed by atoms with Crippen LogP contribution in [-0.2, 0) is 6.61 Å². The molecule has 0 unspecified atom stereocenters. The minimum atomic E-state index is 0.451. The summed E-state index contributed by atoms with van der Waals surface area (Å²) in [6.45, 7) is 0.451. The molecule has 108 valence electrons. The number of furan rings is 1. The highest BCUT2D eigenvalue weighted by Gasteiger charge is 2.17. The van der Waals surface area contributed by atoms with Gasteiger partial charge >= 0.3 is 0 Å². The van der Waals surface area contributed by atoms with Gasteiger partial charge in [-0.25, -0.2) is 0 Å². The van der Waals surface area contributed by atoms with Crippen LogP contribution in [0.2, 0.25) is 0 Å². The van der Waals surface area contributed by atoms with Crippen molar-refractivity contribution < 1.29 is 18.6 Å². The van der Waals surface area contributed by atoms with E-state index in [-0.39, 0.29) is 0 Å². The average Bonchev–Trinajstić information content (AvgIpc) is 3.02. The van der Waals surface area contributed by atoms with E-state index in [2.05, 4.69) is 0 Å². The standard InChI is InChI=1S/C17H16O4/c1-18-14-10-15(21-11-12-6-4-3-5-7-12)17(19-2)16-13(14)8-9-20-16/h3-10H,11H2,1-2H3. The number of fused-ring (bicyclic) bond motifs is 1. The van der Waals surface area contributed by atoms with Crippen LogP contribution in [0, 0.1) is 0 Å². The highest BCUT2D eigenvalue weighted by Crippen LogP contribution is 2.42. The van der Waals surface area contributed by atoms with Gasteiger partial charge in [0.25, 0.3) is 0 Å². The third kappa shape index (κ3) is 2.52. The molecule has 2 aromatic carbocycles. The van der Waals surface area contributed by atoms with E-state index >= 15 is 0 Å². The van der Waals surface area contributed by atoms with Crippen LogP contribution in [0.1, 0.15) is 5.56 Å². The van der Waals surface area contributed by atoms with Gasteiger partial charge < -0.3 is 18.6 Å². The first-order chi connectivity index (χ1) is 10.3. The Hall–Kier alpha value is -2.62. The van der Waals surface area contributed by atoms with Gasteiger partial charge in [-0.1, -0.05) is 30.3 Å². The number of benzene rings is 2. The molecule has 0 aliphatic carbocycles. The molecule has 0 amide bonds. The monoisotopic (exact) mass is 284 g/mol. The molecule has 0 aliphatic heterocycles. The van der Waals surface area contributed by atoms with Gasteiger partial charge in [0.05, 0.1) is 25.9 Å². The first kappa shape index (κ1) is 13.4. The zero-order valence-corrected chi connectivity index (χ0v) is 12.0. The fourth-order valence-electron chi connectivity index (χ4n) is 2.26. The first-order valence-corrected chi connectivity index (χ1v) is 6.62. The second-order valence-electron chi connectivity index (χ2n) is 4.55. The minimum Gasteiger partial charge on any atom is -0.496 e. The maximum Gasteiger partial charge on any atom is 0.204 e. The number of hydrogen-bond donors (Lipinski definition) is 0. The van der Waals surface area contributed by atoms with E-state index < -0.39 is 0 Å². The highest BCUT2D eigenvalue weighted by atomic mass is 16.5. The van der Waals surface area contributed by atoms with Gasteiger partial charge in [0, 0.05) is 6.07 Å². The molecule has 0 saturated heterocycles. The van der Waals surface area contributed by atoms with E-state index in [4.69, 9.17) is 18.6 Å². The summed E-state index contributed by atoms with van der Waals surface area (Å²) < 4.78 is 22.2. The van der Waals surface area contributed by atoms with Gasteiger partial charge in [-0.3, -0.25) is 0 Å². The van der Waals surface area contributed by atoms with Crippen molar-refractivity contribution >= 4 is 11.0 Å². The smallest absolute Gasteiger partial charge is 0.204 e. The Bertz CT molecular complexity index is 731. The quantitative estimate of drug-likeness (QED) is 0.709. The summed E-state index contributed by atoms with van der Waals surface area (Å²) in [7, 11) is 3.22. The molecule has 1 heterocycles. The largest absolute Gasteiger partial charge is 0.496 e. The molecule has 0 spiro atoms. The maximum absolute atomic E-state index is 5.87. The van der Waals surface area contributed by atoms with Crippen molar-refractivity contribution in [3.05, 3.63) is 54.3 Å². The van der Waals surface area contributed by atoms with Gasteiger partial charge in [0.15, 0.2) is 11.3 Å². The summed E-state index contributed by atoms with van der Waals surface area (Å²) in [6.07, 6.45) is 1.61. The van der Waals surface area contributed by atoms with Crippen molar-refractivity contribution in [2.24, 2.45) is 0 Å². The van der Waals surface area contributed by atoms with Crippen molar-refractivity contribution in [3.8, 4) is 17.2 Å². The molecular weight excluding hydrogens is 268 g/mol. The average molecular weight is 284 g/mol. The lowest BCUT2D eigenvalue weighted by Crippen LogP contribution is -1.98. The number of ether oxygens (including phenoxy) is 3. The fraction of sp³-hybridized carbons (Fsp3) is 0.176. The van der Waals surface area contributed by atoms with Crippen molar-refractivity contribution in [1.82, 2.24) is 0 Å². The Kier molecular flexibility index (Phi) is 3.69. The second-order valence-corrected chi connectivity index (χ2v) is 4.55. The molecular formula is C17H16O4. The van der Waals surface area contributed by atoms with Gasteiger partial charge in [-0.05, 0) is 11.6 Å². The molecule has 0 bridgehead atoms. The highest BCUT2D eigenvalue weighted by molar-refractivity contribution is 5.91. The molecule has 1 aromatic heterocycles. The molecule has 21 heavy (non-hydrogen) atoms. The van der Waals surface area contributed by atoms with Crippen LogP contribution in [0.3, 0.4) is 0 Å². The Labute approximate surface area is 122 Å². The van der Waals surface area contributed by atoms with Gasteiger partial charge in [0.1, 0.15) is 12.4 Å². The van der Waals surface area contributed by atoms with E-state index in [1.54, 1.807) is 20.5 Å². The predicted molar refractivity (Wildman–Crippen MR) is 80.1 cm³/mol. The molecule has 3 aromatic rings. The van der Waals surface area contributed by atoms with E-state index in [9.17, 15) is 0 Å². The zero-order valence-electron chi connectivity index (χ0n) is 12.0. The maximum atomic E-state index is 5.87. The van der Waals surface area contributed by atoms with Crippen molar-refractivity contribution in [3.63, 3.8) is 0 Å². The Morgan fingerprint density at radius 2 is 1.76 bits per heavy atom. The van der Waals surface area contributed by atoms with Crippen molar-refractivity contribution in [1.29, 1.82) is 0 Å². The van der Waals surface area contributed by atoms with Crippen molar-refractivity contribution in [2.75, 3.05) is 14.2 Å². The minimum absolute atomic E-state index is 0.451. The van der Waals surface area contributed by atoms with Crippen LogP contribution in [0.4, 0.5) is 0 Å². The van der Waals surface area contributed by atoms with Crippen LogP contribution < -0.4 is 14.2 Å². The molecule has 4 heteroatoms. The molecule has 0 atom stereocenters. The van der Waals surface area contributed by atoms with Crippen LogP contribution >= 0.6 is 0 Å². The first-order valence-electron chi connectivity index (χ1n) is 6.62. The summed E-state index contributed by atoms with van der Waals surface area (Å²) in [4.78, 5) is 0. The van der Waals surface area contributed by atoms with Crippen molar-refractivity contribution in [2.45, 2.75) is 6.61 Å². The summed E-state index contributed by atoms with van der Waals surface area (Å²) in [6, 6.07) is 13.6. The van der Waals surface area contributed by atoms with E-state index in [0.717, 1.165) is 10.9 Å².